The summed E-state index contributed by atoms with van der Waals surface area (Å²) in [6, 6.07) is 0.123. The average molecular weight is 285 g/mol. The molecule has 0 aliphatic carbocycles. The van der Waals surface area contributed by atoms with Crippen LogP contribution in [0.1, 0.15) is 53.9 Å². The van der Waals surface area contributed by atoms with E-state index in [1.807, 2.05) is 39.5 Å². The molecule has 1 saturated heterocycles. The van der Waals surface area contributed by atoms with Crippen LogP contribution in [-0.2, 0) is 19.1 Å². The van der Waals surface area contributed by atoms with Crippen molar-refractivity contribution in [3.63, 3.8) is 0 Å². The molecule has 1 heterocycles. The largest absolute Gasteiger partial charge is 0.460 e. The van der Waals surface area contributed by atoms with Gasteiger partial charge in [0.05, 0.1) is 25.2 Å². The molecule has 0 bridgehead atoms. The fourth-order valence-electron chi connectivity index (χ4n) is 2.23. The van der Waals surface area contributed by atoms with Crippen LogP contribution in [-0.4, -0.2) is 47.7 Å². The Morgan fingerprint density at radius 3 is 2.50 bits per heavy atom. The summed E-state index contributed by atoms with van der Waals surface area (Å²) in [7, 11) is 0. The number of hydrogen-bond acceptors (Lipinski definition) is 4. The number of amides is 1. The van der Waals surface area contributed by atoms with Gasteiger partial charge in [-0.25, -0.2) is 0 Å². The van der Waals surface area contributed by atoms with Crippen molar-refractivity contribution < 1.29 is 19.1 Å². The third-order valence-electron chi connectivity index (χ3n) is 3.22. The lowest BCUT2D eigenvalue weighted by molar-refractivity contribution is -0.157. The average Bonchev–Trinajstić information content (AvgIpc) is 2.33. The molecule has 5 heteroatoms. The number of morpholine rings is 1. The monoisotopic (exact) mass is 285 g/mol. The van der Waals surface area contributed by atoms with E-state index >= 15 is 0 Å². The summed E-state index contributed by atoms with van der Waals surface area (Å²) < 4.78 is 10.8. The molecule has 0 radical (unpaired) electrons. The Balaban J connectivity index is 2.46. The van der Waals surface area contributed by atoms with Crippen molar-refractivity contribution in [2.24, 2.45) is 0 Å². The first kappa shape index (κ1) is 17.0. The third kappa shape index (κ3) is 5.49. The van der Waals surface area contributed by atoms with Crippen molar-refractivity contribution in [3.05, 3.63) is 0 Å². The van der Waals surface area contributed by atoms with Crippen LogP contribution < -0.4 is 0 Å². The Morgan fingerprint density at radius 2 is 1.95 bits per heavy atom. The van der Waals surface area contributed by atoms with Gasteiger partial charge in [-0.2, -0.15) is 0 Å². The number of esters is 1. The summed E-state index contributed by atoms with van der Waals surface area (Å²) in [4.78, 5) is 25.7. The van der Waals surface area contributed by atoms with Gasteiger partial charge in [0.2, 0.25) is 5.91 Å². The van der Waals surface area contributed by atoms with Crippen molar-refractivity contribution in [1.82, 2.24) is 4.90 Å². The maximum Gasteiger partial charge on any atom is 0.306 e. The molecule has 20 heavy (non-hydrogen) atoms. The van der Waals surface area contributed by atoms with E-state index in [-0.39, 0.29) is 36.9 Å². The van der Waals surface area contributed by atoms with Crippen molar-refractivity contribution in [2.45, 2.75) is 71.6 Å². The number of ether oxygens (including phenoxy) is 2. The molecular weight excluding hydrogens is 258 g/mol. The van der Waals surface area contributed by atoms with Gasteiger partial charge >= 0.3 is 5.97 Å². The van der Waals surface area contributed by atoms with Crippen LogP contribution >= 0.6 is 0 Å². The highest BCUT2D eigenvalue weighted by Crippen LogP contribution is 2.17. The SMILES string of the molecule is CCC1COC(C)CN1C(=O)CCC(=O)OC(C)(C)C. The molecule has 0 aromatic carbocycles. The number of carbonyl (C=O) groups is 2. The Morgan fingerprint density at radius 1 is 1.30 bits per heavy atom. The number of rotatable bonds is 4. The smallest absolute Gasteiger partial charge is 0.306 e. The van der Waals surface area contributed by atoms with E-state index in [1.54, 1.807) is 0 Å². The van der Waals surface area contributed by atoms with Gasteiger partial charge in [-0.1, -0.05) is 6.92 Å². The van der Waals surface area contributed by atoms with Gasteiger partial charge in [-0.05, 0) is 34.1 Å². The molecule has 0 aromatic rings. The first-order valence-electron chi connectivity index (χ1n) is 7.36. The van der Waals surface area contributed by atoms with Crippen molar-refractivity contribution in [2.75, 3.05) is 13.2 Å². The number of hydrogen-bond donors (Lipinski definition) is 0. The minimum Gasteiger partial charge on any atom is -0.460 e. The molecule has 1 aliphatic heterocycles. The maximum absolute atomic E-state index is 12.2. The van der Waals surface area contributed by atoms with Gasteiger partial charge in [0.15, 0.2) is 0 Å². The molecule has 1 amide bonds. The van der Waals surface area contributed by atoms with E-state index in [0.29, 0.717) is 13.2 Å². The Labute approximate surface area is 121 Å². The fourth-order valence-corrected chi connectivity index (χ4v) is 2.23. The molecule has 0 saturated carbocycles. The van der Waals surface area contributed by atoms with Crippen LogP contribution in [0.2, 0.25) is 0 Å². The fraction of sp³-hybridized carbons (Fsp3) is 0.867. The predicted molar refractivity (Wildman–Crippen MR) is 76.3 cm³/mol. The lowest BCUT2D eigenvalue weighted by Crippen LogP contribution is -2.51. The predicted octanol–water partition coefficient (Wildman–Crippen LogP) is 2.13. The highest BCUT2D eigenvalue weighted by Gasteiger charge is 2.29. The maximum atomic E-state index is 12.2. The molecule has 1 fully saturated rings. The Bertz CT molecular complexity index is 348. The van der Waals surface area contributed by atoms with Gasteiger partial charge in [-0.15, -0.1) is 0 Å². The molecule has 2 atom stereocenters. The minimum absolute atomic E-state index is 0.0119. The van der Waals surface area contributed by atoms with Gasteiger partial charge in [-0.3, -0.25) is 9.59 Å². The van der Waals surface area contributed by atoms with E-state index in [9.17, 15) is 9.59 Å². The summed E-state index contributed by atoms with van der Waals surface area (Å²) in [6.07, 6.45) is 1.27. The second-order valence-corrected chi connectivity index (χ2v) is 6.34. The molecule has 1 rings (SSSR count). The van der Waals surface area contributed by atoms with Gasteiger partial charge in [0, 0.05) is 13.0 Å². The van der Waals surface area contributed by atoms with Crippen LogP contribution in [0.3, 0.4) is 0 Å². The van der Waals surface area contributed by atoms with Gasteiger partial charge < -0.3 is 14.4 Å². The second kappa shape index (κ2) is 7.07. The molecule has 116 valence electrons. The zero-order valence-electron chi connectivity index (χ0n) is 13.3. The third-order valence-corrected chi connectivity index (χ3v) is 3.22. The summed E-state index contributed by atoms with van der Waals surface area (Å²) in [5.41, 5.74) is -0.500. The lowest BCUT2D eigenvalue weighted by atomic mass is 10.1. The minimum atomic E-state index is -0.500. The van der Waals surface area contributed by atoms with Crippen molar-refractivity contribution in [1.29, 1.82) is 0 Å². The van der Waals surface area contributed by atoms with Crippen molar-refractivity contribution >= 4 is 11.9 Å². The highest BCUT2D eigenvalue weighted by molar-refractivity contribution is 5.81. The summed E-state index contributed by atoms with van der Waals surface area (Å²) in [6.45, 7) is 10.6. The normalized spacial score (nSPS) is 23.6. The standard InChI is InChI=1S/C15H27NO4/c1-6-12-10-19-11(2)9-16(12)13(17)7-8-14(18)20-15(3,4)5/h11-12H,6-10H2,1-5H3. The van der Waals surface area contributed by atoms with Gasteiger partial charge in [0.1, 0.15) is 5.60 Å². The van der Waals surface area contributed by atoms with Crippen LogP contribution in [0.4, 0.5) is 0 Å². The molecule has 1 aliphatic rings. The first-order chi connectivity index (χ1) is 9.23. The topological polar surface area (TPSA) is 55.8 Å². The van der Waals surface area contributed by atoms with E-state index in [4.69, 9.17) is 9.47 Å². The summed E-state index contributed by atoms with van der Waals surface area (Å²) in [5, 5.41) is 0. The second-order valence-electron chi connectivity index (χ2n) is 6.34. The molecule has 0 spiro atoms. The number of carbonyl (C=O) groups excluding carboxylic acids is 2. The van der Waals surface area contributed by atoms with E-state index in [0.717, 1.165) is 6.42 Å². The lowest BCUT2D eigenvalue weighted by Gasteiger charge is -2.38. The first-order valence-corrected chi connectivity index (χ1v) is 7.36. The molecule has 0 N–H and O–H groups in total. The highest BCUT2D eigenvalue weighted by atomic mass is 16.6. The van der Waals surface area contributed by atoms with Crippen molar-refractivity contribution in [3.8, 4) is 0 Å². The quantitative estimate of drug-likeness (QED) is 0.743. The van der Waals surface area contributed by atoms with Crippen LogP contribution in [0.5, 0.6) is 0 Å². The van der Waals surface area contributed by atoms with E-state index in [1.165, 1.54) is 0 Å². The number of nitrogens with zero attached hydrogens (tertiary/aromatic N) is 1. The van der Waals surface area contributed by atoms with Gasteiger partial charge in [0.25, 0.3) is 0 Å². The Hall–Kier alpha value is -1.10. The van der Waals surface area contributed by atoms with Crippen LogP contribution in [0.15, 0.2) is 0 Å². The van der Waals surface area contributed by atoms with E-state index in [2.05, 4.69) is 0 Å². The molecule has 0 aromatic heterocycles. The summed E-state index contributed by atoms with van der Waals surface area (Å²) in [5.74, 6) is -0.307. The van der Waals surface area contributed by atoms with E-state index < -0.39 is 5.60 Å². The van der Waals surface area contributed by atoms with Crippen LogP contribution in [0.25, 0.3) is 0 Å². The Kier molecular flexibility index (Phi) is 5.99. The summed E-state index contributed by atoms with van der Waals surface area (Å²) >= 11 is 0. The zero-order valence-corrected chi connectivity index (χ0v) is 13.3. The zero-order chi connectivity index (χ0) is 15.3. The molecule has 2 unspecified atom stereocenters. The van der Waals surface area contributed by atoms with Crippen LogP contribution in [0, 0.1) is 0 Å². The molecular formula is C15H27NO4. The molecule has 5 nitrogen and oxygen atoms in total.